The zero-order valence-electron chi connectivity index (χ0n) is 19.2. The topological polar surface area (TPSA) is 107 Å². The van der Waals surface area contributed by atoms with E-state index in [1.807, 2.05) is 11.1 Å². The number of fused-ring (bicyclic) bond motifs is 1. The molecular formula is C25H29N5O3S. The number of carbonyl (C=O) groups is 1. The van der Waals surface area contributed by atoms with E-state index >= 15 is 0 Å². The standard InChI is InChI=1S/C25H29N5O3S/c1-26-34(32,33)21-8-6-17(7-9-21)19-14-22-23(16-28-24(22)27-15-19)18-10-12-30(13-11-18)25(31)29-20-4-2-3-5-20/h6-10,14-16,20,26H,2-5,11-13H2,1H3,(H,27,28)(H,29,31). The van der Waals surface area contributed by atoms with Crippen molar-refractivity contribution in [2.45, 2.75) is 43.0 Å². The summed E-state index contributed by atoms with van der Waals surface area (Å²) in [5, 5.41) is 4.18. The fourth-order valence-corrected chi connectivity index (χ4v) is 5.54. The highest BCUT2D eigenvalue weighted by Gasteiger charge is 2.23. The number of H-pyrrole nitrogens is 1. The number of pyridine rings is 1. The molecule has 9 heteroatoms. The molecule has 8 nitrogen and oxygen atoms in total. The second kappa shape index (κ2) is 9.23. The molecule has 0 saturated heterocycles. The molecule has 0 radical (unpaired) electrons. The monoisotopic (exact) mass is 479 g/mol. The van der Waals surface area contributed by atoms with E-state index in [-0.39, 0.29) is 10.9 Å². The van der Waals surface area contributed by atoms with E-state index in [1.54, 1.807) is 30.5 Å². The number of aromatic amines is 1. The fraction of sp³-hybridized carbons (Fsp3) is 0.360. The first kappa shape index (κ1) is 22.6. The normalized spacial score (nSPS) is 17.2. The molecule has 34 heavy (non-hydrogen) atoms. The van der Waals surface area contributed by atoms with Crippen molar-refractivity contribution in [3.63, 3.8) is 0 Å². The summed E-state index contributed by atoms with van der Waals surface area (Å²) in [4.78, 5) is 22.5. The Morgan fingerprint density at radius 3 is 2.59 bits per heavy atom. The summed E-state index contributed by atoms with van der Waals surface area (Å²) in [6.07, 6.45) is 11.2. The largest absolute Gasteiger partial charge is 0.346 e. The van der Waals surface area contributed by atoms with E-state index in [2.05, 4.69) is 32.1 Å². The van der Waals surface area contributed by atoms with Crippen molar-refractivity contribution in [3.8, 4) is 11.1 Å². The van der Waals surface area contributed by atoms with Gasteiger partial charge in [0, 0.05) is 48.0 Å². The van der Waals surface area contributed by atoms with Crippen LogP contribution in [0.4, 0.5) is 4.79 Å². The van der Waals surface area contributed by atoms with Crippen LogP contribution in [0.2, 0.25) is 0 Å². The second-order valence-corrected chi connectivity index (χ2v) is 10.8. The van der Waals surface area contributed by atoms with Gasteiger partial charge in [-0.2, -0.15) is 0 Å². The lowest BCUT2D eigenvalue weighted by molar-refractivity contribution is 0.199. The van der Waals surface area contributed by atoms with Crippen LogP contribution in [0.3, 0.4) is 0 Å². The van der Waals surface area contributed by atoms with Gasteiger partial charge in [0.25, 0.3) is 0 Å². The van der Waals surface area contributed by atoms with Crippen molar-refractivity contribution in [3.05, 3.63) is 54.4 Å². The number of aromatic nitrogens is 2. The van der Waals surface area contributed by atoms with Crippen LogP contribution in [0.15, 0.2) is 53.7 Å². The SMILES string of the molecule is CNS(=O)(=O)c1ccc(-c2cnc3[nH]cc(C4=CCN(C(=O)NC5CCCC5)CC4)c3c2)cc1. The lowest BCUT2D eigenvalue weighted by Gasteiger charge is -2.28. The molecule has 1 aliphatic heterocycles. The van der Waals surface area contributed by atoms with Gasteiger partial charge < -0.3 is 15.2 Å². The zero-order valence-corrected chi connectivity index (χ0v) is 20.0. The number of amides is 2. The van der Waals surface area contributed by atoms with Gasteiger partial charge in [-0.05, 0) is 55.6 Å². The maximum Gasteiger partial charge on any atom is 0.317 e. The van der Waals surface area contributed by atoms with E-state index in [4.69, 9.17) is 0 Å². The van der Waals surface area contributed by atoms with E-state index in [1.165, 1.54) is 25.5 Å². The molecule has 2 aliphatic rings. The van der Waals surface area contributed by atoms with Crippen molar-refractivity contribution in [2.24, 2.45) is 0 Å². The number of hydrogen-bond acceptors (Lipinski definition) is 4. The van der Waals surface area contributed by atoms with Crippen LogP contribution in [0.25, 0.3) is 27.7 Å². The first-order valence-electron chi connectivity index (χ1n) is 11.7. The van der Waals surface area contributed by atoms with Gasteiger partial charge in [0.05, 0.1) is 4.90 Å². The van der Waals surface area contributed by atoms with E-state index in [9.17, 15) is 13.2 Å². The molecule has 5 rings (SSSR count). The van der Waals surface area contributed by atoms with Crippen LogP contribution < -0.4 is 10.0 Å². The third kappa shape index (κ3) is 4.45. The molecule has 1 fully saturated rings. The first-order chi connectivity index (χ1) is 16.4. The second-order valence-electron chi connectivity index (χ2n) is 8.91. The Morgan fingerprint density at radius 2 is 1.91 bits per heavy atom. The maximum atomic E-state index is 12.6. The fourth-order valence-electron chi connectivity index (χ4n) is 4.81. The Bertz CT molecular complexity index is 1340. The number of carbonyl (C=O) groups excluding carboxylic acids is 1. The first-order valence-corrected chi connectivity index (χ1v) is 13.2. The molecule has 0 spiro atoms. The lowest BCUT2D eigenvalue weighted by Crippen LogP contribution is -2.45. The number of nitrogens with one attached hydrogen (secondary N) is 3. The number of urea groups is 1. The van der Waals surface area contributed by atoms with Gasteiger partial charge in [-0.1, -0.05) is 31.1 Å². The molecule has 2 amide bonds. The number of hydrogen-bond donors (Lipinski definition) is 3. The highest BCUT2D eigenvalue weighted by atomic mass is 32.2. The molecule has 3 aromatic rings. The zero-order chi connectivity index (χ0) is 23.7. The van der Waals surface area contributed by atoms with Gasteiger partial charge in [-0.25, -0.2) is 22.9 Å². The highest BCUT2D eigenvalue weighted by Crippen LogP contribution is 2.31. The quantitative estimate of drug-likeness (QED) is 0.516. The van der Waals surface area contributed by atoms with E-state index in [0.717, 1.165) is 47.0 Å². The van der Waals surface area contributed by atoms with Gasteiger partial charge in [0.15, 0.2) is 0 Å². The van der Waals surface area contributed by atoms with Crippen molar-refractivity contribution in [2.75, 3.05) is 20.1 Å². The molecule has 0 unspecified atom stereocenters. The van der Waals surface area contributed by atoms with Crippen LogP contribution in [0.5, 0.6) is 0 Å². The molecule has 0 bridgehead atoms. The van der Waals surface area contributed by atoms with Gasteiger partial charge >= 0.3 is 6.03 Å². The molecule has 1 saturated carbocycles. The van der Waals surface area contributed by atoms with Crippen LogP contribution in [0, 0.1) is 0 Å². The number of nitrogens with zero attached hydrogens (tertiary/aromatic N) is 2. The van der Waals surface area contributed by atoms with Gasteiger partial charge in [-0.15, -0.1) is 0 Å². The predicted octanol–water partition coefficient (Wildman–Crippen LogP) is 3.88. The maximum absolute atomic E-state index is 12.6. The van der Waals surface area contributed by atoms with Crippen LogP contribution in [-0.4, -0.2) is 55.5 Å². The molecule has 3 heterocycles. The van der Waals surface area contributed by atoms with Crippen LogP contribution in [0.1, 0.15) is 37.7 Å². The smallest absolute Gasteiger partial charge is 0.317 e. The van der Waals surface area contributed by atoms with Crippen molar-refractivity contribution in [1.82, 2.24) is 24.9 Å². The van der Waals surface area contributed by atoms with E-state index in [0.29, 0.717) is 19.1 Å². The number of sulfonamides is 1. The van der Waals surface area contributed by atoms with Crippen LogP contribution in [-0.2, 0) is 10.0 Å². The van der Waals surface area contributed by atoms with Gasteiger partial charge in [-0.3, -0.25) is 0 Å². The summed E-state index contributed by atoms with van der Waals surface area (Å²) in [6.45, 7) is 1.28. The minimum absolute atomic E-state index is 0.0359. The average Bonchev–Trinajstić information content (AvgIpc) is 3.53. The molecule has 178 valence electrons. The predicted molar refractivity (Wildman–Crippen MR) is 133 cm³/mol. The Kier molecular flexibility index (Phi) is 6.14. The molecular weight excluding hydrogens is 450 g/mol. The van der Waals surface area contributed by atoms with E-state index < -0.39 is 10.0 Å². The van der Waals surface area contributed by atoms with Gasteiger partial charge in [0.1, 0.15) is 5.65 Å². The summed E-state index contributed by atoms with van der Waals surface area (Å²) in [5.74, 6) is 0. The summed E-state index contributed by atoms with van der Waals surface area (Å²) in [7, 11) is -2.07. The Morgan fingerprint density at radius 1 is 1.15 bits per heavy atom. The summed E-state index contributed by atoms with van der Waals surface area (Å²) in [5.41, 5.74) is 4.90. The third-order valence-corrected chi connectivity index (χ3v) is 8.25. The van der Waals surface area contributed by atoms with Crippen molar-refractivity contribution >= 4 is 32.7 Å². The molecule has 1 aromatic carbocycles. The number of rotatable bonds is 5. The number of benzene rings is 1. The third-order valence-electron chi connectivity index (χ3n) is 6.82. The Labute approximate surface area is 199 Å². The average molecular weight is 480 g/mol. The summed E-state index contributed by atoms with van der Waals surface area (Å²) in [6, 6.07) is 9.21. The minimum Gasteiger partial charge on any atom is -0.346 e. The Balaban J connectivity index is 1.35. The molecule has 3 N–H and O–H groups in total. The summed E-state index contributed by atoms with van der Waals surface area (Å²) < 4.78 is 26.3. The van der Waals surface area contributed by atoms with Crippen molar-refractivity contribution < 1.29 is 13.2 Å². The van der Waals surface area contributed by atoms with Crippen LogP contribution >= 0.6 is 0 Å². The molecule has 2 aromatic heterocycles. The van der Waals surface area contributed by atoms with Crippen molar-refractivity contribution in [1.29, 1.82) is 0 Å². The Hall–Kier alpha value is -3.17. The minimum atomic E-state index is -3.47. The molecule has 0 atom stereocenters. The molecule has 1 aliphatic carbocycles. The highest BCUT2D eigenvalue weighted by molar-refractivity contribution is 7.89. The summed E-state index contributed by atoms with van der Waals surface area (Å²) >= 11 is 0. The van der Waals surface area contributed by atoms with Gasteiger partial charge in [0.2, 0.25) is 10.0 Å². The lowest BCUT2D eigenvalue weighted by atomic mass is 9.98.